The first-order valence-electron chi connectivity index (χ1n) is 7.93. The van der Waals surface area contributed by atoms with Crippen LogP contribution in [0.4, 0.5) is 5.69 Å². The van der Waals surface area contributed by atoms with Crippen molar-refractivity contribution in [1.29, 1.82) is 0 Å². The molecule has 5 nitrogen and oxygen atoms in total. The molecule has 23 heavy (non-hydrogen) atoms. The molecule has 0 aliphatic carbocycles. The zero-order valence-corrected chi connectivity index (χ0v) is 15.1. The molecule has 0 amide bonds. The van der Waals surface area contributed by atoms with Crippen LogP contribution in [0.15, 0.2) is 18.2 Å². The van der Waals surface area contributed by atoms with Gasteiger partial charge in [0.1, 0.15) is 5.60 Å². The molecular formula is C17H29BN2O3. The molecule has 6 heteroatoms. The van der Waals surface area contributed by atoms with E-state index in [0.29, 0.717) is 12.2 Å². The Hall–Kier alpha value is -1.53. The minimum absolute atomic E-state index is 0.217. The molecule has 4 N–H and O–H groups in total. The van der Waals surface area contributed by atoms with Crippen molar-refractivity contribution in [3.05, 3.63) is 29.3 Å². The highest BCUT2D eigenvalue weighted by molar-refractivity contribution is 6.45. The summed E-state index contributed by atoms with van der Waals surface area (Å²) in [5.41, 5.74) is 7.53. The molecule has 0 saturated heterocycles. The smallest absolute Gasteiger partial charge is 0.373 e. The molecule has 0 saturated carbocycles. The van der Waals surface area contributed by atoms with Gasteiger partial charge in [-0.25, -0.2) is 0 Å². The van der Waals surface area contributed by atoms with Crippen LogP contribution in [0.3, 0.4) is 0 Å². The van der Waals surface area contributed by atoms with Crippen LogP contribution in [0, 0.1) is 6.92 Å². The third-order valence-corrected chi connectivity index (χ3v) is 3.64. The second kappa shape index (κ2) is 7.36. The fourth-order valence-electron chi connectivity index (χ4n) is 2.69. The minimum Gasteiger partial charge on any atom is -0.460 e. The molecule has 0 fully saturated rings. The van der Waals surface area contributed by atoms with Crippen LogP contribution in [0.5, 0.6) is 0 Å². The number of nitrogens with two attached hydrogens (primary N) is 1. The quantitative estimate of drug-likeness (QED) is 0.425. The average molecular weight is 320 g/mol. The molecule has 1 aromatic carbocycles. The molecule has 1 rings (SSSR count). The normalized spacial score (nSPS) is 14.2. The fraction of sp³-hybridized carbons (Fsp3) is 0.588. The molecule has 0 heterocycles. The third kappa shape index (κ3) is 6.24. The van der Waals surface area contributed by atoms with Crippen molar-refractivity contribution in [3.63, 3.8) is 0 Å². The number of aryl methyl sites for hydroxylation is 1. The van der Waals surface area contributed by atoms with Gasteiger partial charge in [0.25, 0.3) is 0 Å². The van der Waals surface area contributed by atoms with Gasteiger partial charge in [-0.05, 0) is 64.3 Å². The molecule has 0 spiro atoms. The summed E-state index contributed by atoms with van der Waals surface area (Å²) >= 11 is 0. The van der Waals surface area contributed by atoms with E-state index in [-0.39, 0.29) is 12.4 Å². The van der Waals surface area contributed by atoms with Crippen LogP contribution in [0.2, 0.25) is 6.82 Å². The van der Waals surface area contributed by atoms with E-state index in [2.05, 4.69) is 5.23 Å². The lowest BCUT2D eigenvalue weighted by Crippen LogP contribution is -2.44. The lowest BCUT2D eigenvalue weighted by molar-refractivity contribution is -0.156. The van der Waals surface area contributed by atoms with Crippen LogP contribution in [0.25, 0.3) is 0 Å². The van der Waals surface area contributed by atoms with E-state index in [0.717, 1.165) is 11.1 Å². The van der Waals surface area contributed by atoms with Gasteiger partial charge in [0, 0.05) is 11.1 Å². The third-order valence-electron chi connectivity index (χ3n) is 3.64. The van der Waals surface area contributed by atoms with E-state index >= 15 is 0 Å². The molecule has 0 aromatic heterocycles. The van der Waals surface area contributed by atoms with E-state index in [9.17, 15) is 9.82 Å². The second-order valence-electron chi connectivity index (χ2n) is 7.46. The van der Waals surface area contributed by atoms with Crippen LogP contribution in [0.1, 0.15) is 45.2 Å². The molecule has 128 valence electrons. The number of carbonyl (C=O) groups excluding carboxylic acids is 1. The predicted octanol–water partition coefficient (Wildman–Crippen LogP) is 2.27. The molecule has 1 atom stereocenters. The number of nitrogens with one attached hydrogen (secondary N) is 1. The number of rotatable bonds is 6. The monoisotopic (exact) mass is 320 g/mol. The fourth-order valence-corrected chi connectivity index (χ4v) is 2.69. The number of benzene rings is 1. The standard InChI is InChI=1S/C17H29BN2O3/c1-12-9-13(19)7-8-14(12)17(5,11-20-18(6)22)10-15(21)23-16(2,3)4/h7-9,20,22H,10-11,19H2,1-6H3. The van der Waals surface area contributed by atoms with Crippen LogP contribution in [-0.4, -0.2) is 30.2 Å². The Labute approximate surface area is 139 Å². The van der Waals surface area contributed by atoms with Gasteiger partial charge in [-0.2, -0.15) is 0 Å². The molecule has 0 aliphatic rings. The highest BCUT2D eigenvalue weighted by Gasteiger charge is 2.33. The van der Waals surface area contributed by atoms with Gasteiger partial charge >= 0.3 is 13.0 Å². The number of ether oxygens (including phenoxy) is 1. The SMILES string of the molecule is CB(O)NCC(C)(CC(=O)OC(C)(C)C)c1ccc(N)cc1C. The highest BCUT2D eigenvalue weighted by Crippen LogP contribution is 2.32. The summed E-state index contributed by atoms with van der Waals surface area (Å²) in [7, 11) is -0.651. The van der Waals surface area contributed by atoms with E-state index in [4.69, 9.17) is 10.5 Å². The van der Waals surface area contributed by atoms with Crippen LogP contribution >= 0.6 is 0 Å². The predicted molar refractivity (Wildman–Crippen MR) is 95.2 cm³/mol. The zero-order valence-electron chi connectivity index (χ0n) is 15.1. The van der Waals surface area contributed by atoms with Crippen molar-refractivity contribution in [2.24, 2.45) is 0 Å². The molecule has 1 unspecified atom stereocenters. The second-order valence-corrected chi connectivity index (χ2v) is 7.46. The van der Waals surface area contributed by atoms with Gasteiger partial charge in [0.15, 0.2) is 0 Å². The number of anilines is 1. The first kappa shape index (κ1) is 19.5. The van der Waals surface area contributed by atoms with E-state index in [1.165, 1.54) is 0 Å². The Balaban J connectivity index is 3.09. The van der Waals surface area contributed by atoms with E-state index in [1.807, 2.05) is 52.8 Å². The topological polar surface area (TPSA) is 84.6 Å². The summed E-state index contributed by atoms with van der Waals surface area (Å²) in [6.07, 6.45) is 0.217. The first-order chi connectivity index (χ1) is 10.4. The maximum Gasteiger partial charge on any atom is 0.373 e. The molecule has 0 radical (unpaired) electrons. The van der Waals surface area contributed by atoms with Crippen molar-refractivity contribution >= 4 is 18.7 Å². The Kier molecular flexibility index (Phi) is 6.25. The number of hydrogen-bond donors (Lipinski definition) is 3. The van der Waals surface area contributed by atoms with Gasteiger partial charge in [-0.15, -0.1) is 0 Å². The summed E-state index contributed by atoms with van der Waals surface area (Å²) in [5, 5.41) is 12.6. The van der Waals surface area contributed by atoms with Crippen LogP contribution < -0.4 is 11.0 Å². The number of esters is 1. The van der Waals surface area contributed by atoms with E-state index in [1.54, 1.807) is 6.82 Å². The minimum atomic E-state index is -0.651. The summed E-state index contributed by atoms with van der Waals surface area (Å²) in [5.74, 6) is -0.261. The Morgan fingerprint density at radius 3 is 2.43 bits per heavy atom. The molecule has 1 aromatic rings. The Morgan fingerprint density at radius 2 is 1.96 bits per heavy atom. The van der Waals surface area contributed by atoms with Crippen LogP contribution in [-0.2, 0) is 14.9 Å². The molecular weight excluding hydrogens is 291 g/mol. The number of carbonyl (C=O) groups is 1. The van der Waals surface area contributed by atoms with Gasteiger partial charge in [-0.1, -0.05) is 13.0 Å². The van der Waals surface area contributed by atoms with Crippen molar-refractivity contribution in [2.45, 2.75) is 58.9 Å². The highest BCUT2D eigenvalue weighted by atomic mass is 16.6. The number of hydrogen-bond acceptors (Lipinski definition) is 5. The van der Waals surface area contributed by atoms with Crippen molar-refractivity contribution < 1.29 is 14.6 Å². The maximum atomic E-state index is 12.3. The number of nitrogen functional groups attached to an aromatic ring is 1. The summed E-state index contributed by atoms with van der Waals surface area (Å²) in [6, 6.07) is 5.67. The first-order valence-corrected chi connectivity index (χ1v) is 7.93. The van der Waals surface area contributed by atoms with Crippen molar-refractivity contribution in [2.75, 3.05) is 12.3 Å². The van der Waals surface area contributed by atoms with Gasteiger partial charge in [0.2, 0.25) is 0 Å². The lowest BCUT2D eigenvalue weighted by atomic mass is 9.75. The zero-order chi connectivity index (χ0) is 17.8. The van der Waals surface area contributed by atoms with Crippen molar-refractivity contribution in [3.8, 4) is 0 Å². The van der Waals surface area contributed by atoms with Gasteiger partial charge in [-0.3, -0.25) is 4.79 Å². The van der Waals surface area contributed by atoms with Gasteiger partial charge in [0.05, 0.1) is 6.42 Å². The summed E-state index contributed by atoms with van der Waals surface area (Å²) in [4.78, 5) is 12.3. The molecule has 0 bridgehead atoms. The largest absolute Gasteiger partial charge is 0.460 e. The summed E-state index contributed by atoms with van der Waals surface area (Å²) < 4.78 is 5.47. The summed E-state index contributed by atoms with van der Waals surface area (Å²) in [6.45, 7) is 11.6. The van der Waals surface area contributed by atoms with Crippen molar-refractivity contribution in [1.82, 2.24) is 5.23 Å². The Bertz CT molecular complexity index is 555. The lowest BCUT2D eigenvalue weighted by Gasteiger charge is -2.33. The average Bonchev–Trinajstić information content (AvgIpc) is 2.33. The van der Waals surface area contributed by atoms with E-state index < -0.39 is 18.1 Å². The molecule has 0 aliphatic heterocycles. The van der Waals surface area contributed by atoms with Gasteiger partial charge < -0.3 is 20.7 Å². The Morgan fingerprint density at radius 1 is 1.35 bits per heavy atom. The maximum absolute atomic E-state index is 12.3.